The maximum absolute atomic E-state index is 15.4. The highest BCUT2D eigenvalue weighted by molar-refractivity contribution is 6.20. The van der Waals surface area contributed by atoms with Crippen molar-refractivity contribution in [3.63, 3.8) is 0 Å². The standard InChI is InChI=1S/C70H115ClN12O12/c1-13-46(6)59-67(93)76(8)43-58(86)82-38-32-52(82)65(91)78(10)54(40-48-23-16-14-17-24-48)64(90)75(7)42-56(84)72-50(31-28-47-26-29-49(71)30-27-47)63(89)83-37-22-25-51(83)62(88)74-70(33-18-19-34-70)69(95)80(12)60(45(4)5)68(94)79(11)55(66(92)81-35-20-15-21-36-81)41-57(85)77(9)53(39-44(2)3)61(87)73-59/h44-55,59-60H,13-43H2,1-12H3,(H,72,84)(H,73,87)(H,74,88)/t46-,47?,49?,50-,51-,52-,53-,54-,55-,59-,60-/m0/s1. The zero-order valence-corrected chi connectivity index (χ0v) is 60.1. The summed E-state index contributed by atoms with van der Waals surface area (Å²) < 4.78 is 0. The number of likely N-dealkylation sites (tertiary alicyclic amines) is 1. The minimum Gasteiger partial charge on any atom is -0.343 e. The molecular weight excluding hydrogens is 1240 g/mol. The normalized spacial score (nSPS) is 30.2. The van der Waals surface area contributed by atoms with E-state index < -0.39 is 156 Å². The van der Waals surface area contributed by atoms with Crippen LogP contribution in [-0.4, -0.2) is 256 Å². The third-order valence-corrected chi connectivity index (χ3v) is 22.7. The Labute approximate surface area is 570 Å². The minimum absolute atomic E-state index is 0.0618. The van der Waals surface area contributed by atoms with Crippen molar-refractivity contribution in [3.05, 3.63) is 0 Å². The van der Waals surface area contributed by atoms with Gasteiger partial charge in [0.15, 0.2) is 0 Å². The second-order valence-corrected chi connectivity index (χ2v) is 30.6. The van der Waals surface area contributed by atoms with Crippen LogP contribution in [0.4, 0.5) is 0 Å². The molecule has 12 amide bonds. The molecule has 7 rings (SSSR count). The maximum Gasteiger partial charge on any atom is 0.248 e. The molecule has 7 aliphatic rings. The number of rotatable bonds is 11. The van der Waals surface area contributed by atoms with E-state index in [0.717, 1.165) is 77.0 Å². The van der Waals surface area contributed by atoms with Gasteiger partial charge in [0.25, 0.3) is 0 Å². The zero-order chi connectivity index (χ0) is 69.7. The lowest BCUT2D eigenvalue weighted by Crippen LogP contribution is -2.65. The quantitative estimate of drug-likeness (QED) is 0.233. The van der Waals surface area contributed by atoms with E-state index in [0.29, 0.717) is 58.0 Å². The van der Waals surface area contributed by atoms with Crippen molar-refractivity contribution in [2.24, 2.45) is 29.6 Å². The number of halogens is 1. The Hall–Kier alpha value is -6.07. The number of alkyl halides is 1. The lowest BCUT2D eigenvalue weighted by Gasteiger charge is -2.44. The fraction of sp³-hybridized carbons (Fsp3) is 0.829. The average molecular weight is 1350 g/mol. The highest BCUT2D eigenvalue weighted by Crippen LogP contribution is 2.36. The lowest BCUT2D eigenvalue weighted by molar-refractivity contribution is -0.158. The van der Waals surface area contributed by atoms with E-state index in [2.05, 4.69) is 16.0 Å². The van der Waals surface area contributed by atoms with Gasteiger partial charge in [-0.15, -0.1) is 11.6 Å². The van der Waals surface area contributed by atoms with Gasteiger partial charge < -0.3 is 60.0 Å². The summed E-state index contributed by atoms with van der Waals surface area (Å²) in [5, 5.41) is 9.12. The van der Waals surface area contributed by atoms with Crippen molar-refractivity contribution in [1.29, 1.82) is 0 Å². The van der Waals surface area contributed by atoms with E-state index in [1.807, 2.05) is 20.8 Å². The molecule has 0 aromatic heterocycles. The fourth-order valence-corrected chi connectivity index (χ4v) is 16.1. The van der Waals surface area contributed by atoms with Gasteiger partial charge in [-0.3, -0.25) is 57.5 Å². The molecule has 3 aliphatic carbocycles. The number of carbonyl (C=O) groups is 12. The molecule has 9 atom stereocenters. The highest BCUT2D eigenvalue weighted by Gasteiger charge is 2.51. The zero-order valence-electron chi connectivity index (χ0n) is 59.3. The first-order valence-corrected chi connectivity index (χ1v) is 36.4. The van der Waals surface area contributed by atoms with Crippen LogP contribution in [0.15, 0.2) is 0 Å². The number of hydrogen-bond donors (Lipinski definition) is 3. The molecule has 0 unspecified atom stereocenters. The third kappa shape index (κ3) is 18.8. The van der Waals surface area contributed by atoms with Gasteiger partial charge in [-0.05, 0) is 132 Å². The lowest BCUT2D eigenvalue weighted by atomic mass is 9.84. The monoisotopic (exact) mass is 1350 g/mol. The van der Waals surface area contributed by atoms with Gasteiger partial charge in [0.05, 0.1) is 19.5 Å². The highest BCUT2D eigenvalue weighted by atomic mass is 35.5. The summed E-state index contributed by atoms with van der Waals surface area (Å²) in [7, 11) is 8.95. The summed E-state index contributed by atoms with van der Waals surface area (Å²) in [5.41, 5.74) is -1.47. The second kappa shape index (κ2) is 34.4. The van der Waals surface area contributed by atoms with Crippen LogP contribution >= 0.6 is 11.6 Å². The SMILES string of the molecule is CC[C@H](C)[C@@H]1NC(=O)[C@H](CC(C)C)N(C)C(=O)C[C@@H](C(=O)N2CCCCC2)N(C)C(=O)[C@H](C(C)C)N(C)C(=O)C2(CCCC2)NC(=O)[C@@H]2CCCN2C(=O)[C@H](CCC2CCC(Cl)CC2)NC(=O)CN(C)C(=O)[C@H](CC2CCCCC2)N(C)C(=O)[C@@H]2CCN2C(=O)CN(C)C1=O. The van der Waals surface area contributed by atoms with Gasteiger partial charge in [0.1, 0.15) is 53.9 Å². The summed E-state index contributed by atoms with van der Waals surface area (Å²) in [6.45, 7) is 11.4. The van der Waals surface area contributed by atoms with Crippen molar-refractivity contribution < 1.29 is 57.5 Å². The summed E-state index contributed by atoms with van der Waals surface area (Å²) in [6.07, 6.45) is 14.4. The van der Waals surface area contributed by atoms with E-state index in [-0.39, 0.29) is 68.3 Å². The number of amides is 12. The Morgan fingerprint density at radius 3 is 1.78 bits per heavy atom. The molecule has 95 heavy (non-hydrogen) atoms. The second-order valence-electron chi connectivity index (χ2n) is 30.0. The number of likely N-dealkylation sites (N-methyl/N-ethyl adjacent to an activating group) is 6. The first-order chi connectivity index (χ1) is 45.0. The van der Waals surface area contributed by atoms with Crippen LogP contribution in [0.25, 0.3) is 0 Å². The summed E-state index contributed by atoms with van der Waals surface area (Å²) in [6, 6.07) is -8.88. The van der Waals surface area contributed by atoms with Crippen LogP contribution in [0, 0.1) is 29.6 Å². The van der Waals surface area contributed by atoms with E-state index in [4.69, 9.17) is 11.6 Å². The average Bonchev–Trinajstić information content (AvgIpc) is 1.78. The smallest absolute Gasteiger partial charge is 0.248 e. The topological polar surface area (TPSA) is 270 Å². The summed E-state index contributed by atoms with van der Waals surface area (Å²) in [4.78, 5) is 191. The van der Waals surface area contributed by atoms with E-state index in [9.17, 15) is 38.4 Å². The summed E-state index contributed by atoms with van der Waals surface area (Å²) >= 11 is 6.52. The fourth-order valence-electron chi connectivity index (χ4n) is 15.9. The minimum atomic E-state index is -1.47. The molecule has 25 heteroatoms. The van der Waals surface area contributed by atoms with E-state index in [1.165, 1.54) is 74.4 Å². The Morgan fingerprint density at radius 1 is 0.547 bits per heavy atom. The van der Waals surface area contributed by atoms with Crippen LogP contribution < -0.4 is 16.0 Å². The van der Waals surface area contributed by atoms with Gasteiger partial charge in [-0.25, -0.2) is 0 Å². The Bertz CT molecular complexity index is 2740. The number of carbonyl (C=O) groups excluding carboxylic acids is 12. The number of nitrogens with zero attached hydrogens (tertiary/aromatic N) is 9. The van der Waals surface area contributed by atoms with Crippen molar-refractivity contribution in [2.45, 2.75) is 261 Å². The Balaban J connectivity index is 1.25. The molecule has 0 bridgehead atoms. The molecule has 534 valence electrons. The van der Waals surface area contributed by atoms with E-state index in [1.54, 1.807) is 32.7 Å². The first-order valence-electron chi connectivity index (χ1n) is 36.0. The molecule has 4 aliphatic heterocycles. The largest absolute Gasteiger partial charge is 0.343 e. The number of hydrogen-bond acceptors (Lipinski definition) is 12. The van der Waals surface area contributed by atoms with Gasteiger partial charge in [0.2, 0.25) is 70.9 Å². The molecule has 0 aromatic carbocycles. The predicted molar refractivity (Wildman–Crippen MR) is 360 cm³/mol. The van der Waals surface area contributed by atoms with Crippen molar-refractivity contribution in [3.8, 4) is 0 Å². The van der Waals surface area contributed by atoms with Crippen LogP contribution in [0.2, 0.25) is 0 Å². The molecule has 24 nitrogen and oxygen atoms in total. The molecule has 7 fully saturated rings. The van der Waals surface area contributed by atoms with Gasteiger partial charge in [0, 0.05) is 73.8 Å². The van der Waals surface area contributed by atoms with Crippen molar-refractivity contribution in [2.75, 3.05) is 81.6 Å². The number of piperidine rings is 1. The summed E-state index contributed by atoms with van der Waals surface area (Å²) in [5.74, 6) is -7.24. The van der Waals surface area contributed by atoms with Crippen LogP contribution in [0.3, 0.4) is 0 Å². The maximum atomic E-state index is 15.4. The van der Waals surface area contributed by atoms with Gasteiger partial charge >= 0.3 is 0 Å². The molecule has 0 radical (unpaired) electrons. The molecule has 4 saturated heterocycles. The van der Waals surface area contributed by atoms with Crippen LogP contribution in [-0.2, 0) is 57.5 Å². The number of fused-ring (bicyclic) bond motifs is 2. The van der Waals surface area contributed by atoms with Crippen LogP contribution in [0.1, 0.15) is 202 Å². The van der Waals surface area contributed by atoms with Gasteiger partial charge in [-0.2, -0.15) is 0 Å². The third-order valence-electron chi connectivity index (χ3n) is 22.2. The molecule has 0 aromatic rings. The molecule has 1 spiro atoms. The van der Waals surface area contributed by atoms with E-state index >= 15 is 19.2 Å². The molecule has 3 saturated carbocycles. The van der Waals surface area contributed by atoms with Crippen molar-refractivity contribution >= 4 is 82.5 Å². The first kappa shape index (κ1) is 76.3. The Morgan fingerprint density at radius 2 is 1.18 bits per heavy atom. The molecule has 4 heterocycles. The number of nitrogens with one attached hydrogen (secondary N) is 3. The van der Waals surface area contributed by atoms with Gasteiger partial charge in [-0.1, -0.05) is 92.9 Å². The van der Waals surface area contributed by atoms with Crippen LogP contribution in [0.5, 0.6) is 0 Å². The Kier molecular flexibility index (Phi) is 27.6. The van der Waals surface area contributed by atoms with Crippen molar-refractivity contribution in [1.82, 2.24) is 60.0 Å². The predicted octanol–water partition coefficient (Wildman–Crippen LogP) is 4.91. The molecular formula is C70H115ClN12O12. The molecule has 3 N–H and O–H groups in total.